The number of allylic oxidation sites excluding steroid dienone is 4. The molecule has 0 fully saturated rings. The SMILES string of the molecule is C=CC/C=C\c1ccc2c(-c3ccc(-c4cc(C5=CCCC=N5)cc(C(C)=NC(=N/C(=C/CC)c5ccccc5)c5ccccc5)c4)cc3)ccc3c2c1CCC3. The summed E-state index contributed by atoms with van der Waals surface area (Å²) in [6, 6.07) is 45.8. The van der Waals surface area contributed by atoms with Gasteiger partial charge in [-0.25, -0.2) is 9.98 Å². The van der Waals surface area contributed by atoms with Gasteiger partial charge in [-0.3, -0.25) is 4.99 Å². The van der Waals surface area contributed by atoms with Crippen LogP contribution >= 0.6 is 0 Å². The van der Waals surface area contributed by atoms with Crippen molar-refractivity contribution in [1.82, 2.24) is 0 Å². The molecule has 8 rings (SSSR count). The molecule has 0 bridgehead atoms. The molecular formula is C54H49N3. The van der Waals surface area contributed by atoms with E-state index in [9.17, 15) is 0 Å². The van der Waals surface area contributed by atoms with E-state index in [0.717, 1.165) is 89.0 Å². The number of aryl methyl sites for hydroxylation is 2. The van der Waals surface area contributed by atoms with Crippen LogP contribution in [0.25, 0.3) is 50.5 Å². The Morgan fingerprint density at radius 1 is 0.719 bits per heavy atom. The quantitative estimate of drug-likeness (QED) is 0.0721. The Kier molecular flexibility index (Phi) is 11.5. The van der Waals surface area contributed by atoms with E-state index in [-0.39, 0.29) is 0 Å². The molecule has 3 nitrogen and oxygen atoms in total. The molecule has 0 unspecified atom stereocenters. The van der Waals surface area contributed by atoms with Crippen molar-refractivity contribution in [1.29, 1.82) is 0 Å². The number of aliphatic imine (C=N–C) groups is 3. The lowest BCUT2D eigenvalue weighted by Gasteiger charge is -2.21. The van der Waals surface area contributed by atoms with Crippen LogP contribution in [0.3, 0.4) is 0 Å². The van der Waals surface area contributed by atoms with Crippen molar-refractivity contribution < 1.29 is 0 Å². The minimum atomic E-state index is 0.684. The summed E-state index contributed by atoms with van der Waals surface area (Å²) < 4.78 is 0. The summed E-state index contributed by atoms with van der Waals surface area (Å²) >= 11 is 0. The summed E-state index contributed by atoms with van der Waals surface area (Å²) in [6.07, 6.45) is 20.0. The lowest BCUT2D eigenvalue weighted by Crippen LogP contribution is -2.05. The van der Waals surface area contributed by atoms with Gasteiger partial charge in [0.1, 0.15) is 0 Å². The maximum absolute atomic E-state index is 5.28. The van der Waals surface area contributed by atoms with E-state index in [2.05, 4.69) is 148 Å². The van der Waals surface area contributed by atoms with Gasteiger partial charge in [0.15, 0.2) is 5.84 Å². The highest BCUT2D eigenvalue weighted by atomic mass is 14.9. The number of rotatable bonds is 11. The van der Waals surface area contributed by atoms with E-state index in [1.807, 2.05) is 36.6 Å². The highest BCUT2D eigenvalue weighted by Gasteiger charge is 2.18. The summed E-state index contributed by atoms with van der Waals surface area (Å²) in [4.78, 5) is 15.3. The molecule has 0 atom stereocenters. The van der Waals surface area contributed by atoms with Crippen LogP contribution in [0.2, 0.25) is 0 Å². The molecule has 0 saturated carbocycles. The molecule has 1 aliphatic heterocycles. The second-order valence-electron chi connectivity index (χ2n) is 14.8. The molecule has 0 spiro atoms. The van der Waals surface area contributed by atoms with E-state index >= 15 is 0 Å². The first-order valence-electron chi connectivity index (χ1n) is 20.4. The van der Waals surface area contributed by atoms with Gasteiger partial charge in [-0.2, -0.15) is 0 Å². The number of benzene rings is 6. The standard InChI is InChI=1S/C54H49N3/c1-4-6-9-18-40-30-33-50-48(32-31-43-23-16-24-49(40)53(43)50)41-28-26-39(27-29-41)46-35-45(36-47(37-46)51-25-14-15-34-55-51)38(3)56-54(44-21-12-8-13-22-44)57-52(17-5-2)42-19-10-7-11-20-42/h4,7-13,17-22,25-37H,1,5-6,14-16,23-24H2,2-3H3/b18-9-,52-17+,56-38?,57-54?. The van der Waals surface area contributed by atoms with E-state index in [1.165, 1.54) is 45.0 Å². The molecule has 0 amide bonds. The van der Waals surface area contributed by atoms with Gasteiger partial charge in [0.2, 0.25) is 0 Å². The van der Waals surface area contributed by atoms with Gasteiger partial charge in [-0.1, -0.05) is 146 Å². The second-order valence-corrected chi connectivity index (χ2v) is 14.8. The molecule has 2 aliphatic rings. The summed E-state index contributed by atoms with van der Waals surface area (Å²) in [5.41, 5.74) is 16.1. The second kappa shape index (κ2) is 17.6. The Morgan fingerprint density at radius 2 is 1.47 bits per heavy atom. The first-order chi connectivity index (χ1) is 28.1. The van der Waals surface area contributed by atoms with E-state index in [4.69, 9.17) is 15.0 Å². The fraction of sp³-hybridized carbons (Fsp3) is 0.167. The number of hydrogen-bond donors (Lipinski definition) is 0. The van der Waals surface area contributed by atoms with Crippen molar-refractivity contribution in [3.8, 4) is 22.3 Å². The van der Waals surface area contributed by atoms with Gasteiger partial charge in [0.25, 0.3) is 0 Å². The average molecular weight is 740 g/mol. The van der Waals surface area contributed by atoms with Crippen LogP contribution in [0.5, 0.6) is 0 Å². The lowest BCUT2D eigenvalue weighted by molar-refractivity contribution is 0.807. The molecule has 57 heavy (non-hydrogen) atoms. The Hall–Kier alpha value is -6.45. The van der Waals surface area contributed by atoms with Gasteiger partial charge >= 0.3 is 0 Å². The number of amidine groups is 1. The van der Waals surface area contributed by atoms with Crippen LogP contribution in [0.4, 0.5) is 0 Å². The minimum absolute atomic E-state index is 0.684. The summed E-state index contributed by atoms with van der Waals surface area (Å²) in [5, 5.41) is 2.78. The maximum Gasteiger partial charge on any atom is 0.160 e. The third-order valence-corrected chi connectivity index (χ3v) is 10.9. The molecule has 1 aliphatic carbocycles. The zero-order valence-corrected chi connectivity index (χ0v) is 33.1. The Morgan fingerprint density at radius 3 is 2.21 bits per heavy atom. The molecule has 0 saturated heterocycles. The molecule has 0 radical (unpaired) electrons. The van der Waals surface area contributed by atoms with E-state index < -0.39 is 0 Å². The van der Waals surface area contributed by atoms with Crippen molar-refractivity contribution in [3.63, 3.8) is 0 Å². The van der Waals surface area contributed by atoms with Crippen LogP contribution in [0, 0.1) is 0 Å². The molecule has 6 aromatic rings. The first-order valence-corrected chi connectivity index (χ1v) is 20.4. The molecular weight excluding hydrogens is 691 g/mol. The van der Waals surface area contributed by atoms with Crippen molar-refractivity contribution in [2.24, 2.45) is 15.0 Å². The summed E-state index contributed by atoms with van der Waals surface area (Å²) in [6.45, 7) is 8.12. The maximum atomic E-state index is 5.28. The topological polar surface area (TPSA) is 37.1 Å². The lowest BCUT2D eigenvalue weighted by atomic mass is 9.83. The normalized spacial score (nSPS) is 14.6. The van der Waals surface area contributed by atoms with E-state index in [0.29, 0.717) is 5.84 Å². The van der Waals surface area contributed by atoms with Crippen LogP contribution in [0.1, 0.15) is 84.9 Å². The van der Waals surface area contributed by atoms with Crippen LogP contribution in [0.15, 0.2) is 173 Å². The highest BCUT2D eigenvalue weighted by molar-refractivity contribution is 6.13. The monoisotopic (exact) mass is 739 g/mol. The predicted octanol–water partition coefficient (Wildman–Crippen LogP) is 14.2. The van der Waals surface area contributed by atoms with Gasteiger partial charge in [0, 0.05) is 23.1 Å². The summed E-state index contributed by atoms with van der Waals surface area (Å²) in [5.74, 6) is 0.684. The molecule has 0 N–H and O–H groups in total. The Bertz CT molecular complexity index is 2600. The van der Waals surface area contributed by atoms with Crippen molar-refractivity contribution in [2.75, 3.05) is 0 Å². The zero-order valence-electron chi connectivity index (χ0n) is 33.1. The Labute approximate surface area is 338 Å². The largest absolute Gasteiger partial charge is 0.261 e. The molecule has 6 aromatic carbocycles. The van der Waals surface area contributed by atoms with Crippen LogP contribution < -0.4 is 0 Å². The van der Waals surface area contributed by atoms with Crippen molar-refractivity contribution >= 4 is 46.0 Å². The average Bonchev–Trinajstić information content (AvgIpc) is 3.27. The molecule has 0 aromatic heterocycles. The van der Waals surface area contributed by atoms with Crippen LogP contribution in [-0.2, 0) is 12.8 Å². The third kappa shape index (κ3) is 8.39. The molecule has 280 valence electrons. The fourth-order valence-electron chi connectivity index (χ4n) is 8.05. The molecule has 1 heterocycles. The van der Waals surface area contributed by atoms with E-state index in [1.54, 1.807) is 0 Å². The third-order valence-electron chi connectivity index (χ3n) is 10.9. The minimum Gasteiger partial charge on any atom is -0.261 e. The van der Waals surface area contributed by atoms with Gasteiger partial charge < -0.3 is 0 Å². The number of hydrogen-bond acceptors (Lipinski definition) is 2. The smallest absolute Gasteiger partial charge is 0.160 e. The fourth-order valence-corrected chi connectivity index (χ4v) is 8.05. The van der Waals surface area contributed by atoms with Crippen molar-refractivity contribution in [2.45, 2.75) is 58.8 Å². The van der Waals surface area contributed by atoms with Gasteiger partial charge in [0.05, 0.1) is 11.4 Å². The predicted molar refractivity (Wildman–Crippen MR) is 246 cm³/mol. The Balaban J connectivity index is 1.19. The zero-order chi connectivity index (χ0) is 39.0. The highest BCUT2D eigenvalue weighted by Crippen LogP contribution is 2.39. The first kappa shape index (κ1) is 37.5. The van der Waals surface area contributed by atoms with Crippen molar-refractivity contribution in [3.05, 3.63) is 197 Å². The molecule has 3 heteroatoms. The van der Waals surface area contributed by atoms with Crippen LogP contribution in [-0.4, -0.2) is 17.8 Å². The van der Waals surface area contributed by atoms with Gasteiger partial charge in [-0.15, -0.1) is 6.58 Å². The van der Waals surface area contributed by atoms with Gasteiger partial charge in [-0.05, 0) is 131 Å². The summed E-state index contributed by atoms with van der Waals surface area (Å²) in [7, 11) is 0. The number of nitrogens with zero attached hydrogens (tertiary/aromatic N) is 3.